The molecule has 0 unspecified atom stereocenters. The number of rotatable bonds is 4. The Hall–Kier alpha value is -1.20. The molecule has 0 radical (unpaired) electrons. The van der Waals surface area contributed by atoms with Gasteiger partial charge in [-0.15, -0.1) is 0 Å². The molecule has 0 aromatic heterocycles. The maximum atomic E-state index is 13.6. The molecule has 1 aliphatic rings. The van der Waals surface area contributed by atoms with Gasteiger partial charge in [0.2, 0.25) is 0 Å². The zero-order chi connectivity index (χ0) is 13.0. The van der Waals surface area contributed by atoms with Crippen molar-refractivity contribution in [3.8, 4) is 5.75 Å². The molecule has 0 amide bonds. The molecule has 1 atom stereocenters. The number of alkyl halides is 1. The van der Waals surface area contributed by atoms with E-state index in [2.05, 4.69) is 5.32 Å². The van der Waals surface area contributed by atoms with Crippen LogP contribution in [0.4, 0.5) is 8.78 Å². The Labute approximate surface area is 106 Å². The minimum Gasteiger partial charge on any atom is -0.493 e. The van der Waals surface area contributed by atoms with Crippen LogP contribution in [-0.4, -0.2) is 44.9 Å². The summed E-state index contributed by atoms with van der Waals surface area (Å²) < 4.78 is 32.0. The molecule has 1 aliphatic heterocycles. The van der Waals surface area contributed by atoms with Crippen LogP contribution in [0.2, 0.25) is 0 Å². The van der Waals surface area contributed by atoms with Crippen molar-refractivity contribution >= 4 is 0 Å². The van der Waals surface area contributed by atoms with Gasteiger partial charge in [-0.1, -0.05) is 12.1 Å². The first-order chi connectivity index (χ1) is 8.77. The van der Waals surface area contributed by atoms with Crippen molar-refractivity contribution in [2.45, 2.75) is 6.04 Å². The predicted octanol–water partition coefficient (Wildman–Crippen LogP) is 1.75. The summed E-state index contributed by atoms with van der Waals surface area (Å²) in [4.78, 5) is 2.02. The minimum atomic E-state index is -0.542. The molecule has 1 heterocycles. The third-order valence-electron chi connectivity index (χ3n) is 3.30. The summed E-state index contributed by atoms with van der Waals surface area (Å²) in [6, 6.07) is 4.22. The Balaban J connectivity index is 2.28. The van der Waals surface area contributed by atoms with Gasteiger partial charge in [-0.05, 0) is 6.07 Å². The first-order valence-corrected chi connectivity index (χ1v) is 6.11. The van der Waals surface area contributed by atoms with Gasteiger partial charge in [0.15, 0.2) is 11.6 Å². The highest BCUT2D eigenvalue weighted by Gasteiger charge is 2.25. The molecule has 0 aliphatic carbocycles. The number of piperazine rings is 1. The van der Waals surface area contributed by atoms with Gasteiger partial charge in [-0.3, -0.25) is 4.90 Å². The van der Waals surface area contributed by atoms with Crippen LogP contribution in [-0.2, 0) is 0 Å². The van der Waals surface area contributed by atoms with E-state index in [0.29, 0.717) is 5.56 Å². The summed E-state index contributed by atoms with van der Waals surface area (Å²) in [5.41, 5.74) is 0.585. The maximum Gasteiger partial charge on any atom is 0.165 e. The van der Waals surface area contributed by atoms with Crippen molar-refractivity contribution in [3.05, 3.63) is 29.6 Å². The van der Waals surface area contributed by atoms with Crippen LogP contribution in [0.1, 0.15) is 11.6 Å². The van der Waals surface area contributed by atoms with Gasteiger partial charge in [0.1, 0.15) is 6.67 Å². The molecular weight excluding hydrogens is 238 g/mol. The molecule has 0 saturated carbocycles. The molecule has 3 nitrogen and oxygen atoms in total. The molecule has 1 aromatic carbocycles. The number of ether oxygens (including phenoxy) is 1. The molecule has 18 heavy (non-hydrogen) atoms. The van der Waals surface area contributed by atoms with E-state index in [1.807, 2.05) is 4.90 Å². The fourth-order valence-corrected chi connectivity index (χ4v) is 2.37. The largest absolute Gasteiger partial charge is 0.493 e. The minimum absolute atomic E-state index is 0.152. The lowest BCUT2D eigenvalue weighted by Gasteiger charge is -2.34. The smallest absolute Gasteiger partial charge is 0.165 e. The second-order valence-electron chi connectivity index (χ2n) is 4.32. The van der Waals surface area contributed by atoms with Crippen molar-refractivity contribution in [1.82, 2.24) is 10.2 Å². The third kappa shape index (κ3) is 2.62. The van der Waals surface area contributed by atoms with E-state index in [-0.39, 0.29) is 5.75 Å². The van der Waals surface area contributed by atoms with Crippen LogP contribution < -0.4 is 10.1 Å². The van der Waals surface area contributed by atoms with Crippen LogP contribution in [0.15, 0.2) is 18.2 Å². The second kappa shape index (κ2) is 6.11. The molecule has 0 spiro atoms. The zero-order valence-electron chi connectivity index (χ0n) is 10.5. The van der Waals surface area contributed by atoms with Gasteiger partial charge in [0, 0.05) is 31.7 Å². The van der Waals surface area contributed by atoms with E-state index in [1.165, 1.54) is 13.2 Å². The van der Waals surface area contributed by atoms with Crippen LogP contribution >= 0.6 is 0 Å². The van der Waals surface area contributed by atoms with Crippen LogP contribution in [0.25, 0.3) is 0 Å². The van der Waals surface area contributed by atoms with Crippen molar-refractivity contribution in [3.63, 3.8) is 0 Å². The van der Waals surface area contributed by atoms with Gasteiger partial charge < -0.3 is 10.1 Å². The van der Waals surface area contributed by atoms with Gasteiger partial charge >= 0.3 is 0 Å². The number of para-hydroxylation sites is 1. The number of nitrogens with one attached hydrogen (secondary N) is 1. The summed E-state index contributed by atoms with van der Waals surface area (Å²) in [5.74, 6) is -0.290. The lowest BCUT2D eigenvalue weighted by molar-refractivity contribution is 0.144. The second-order valence-corrected chi connectivity index (χ2v) is 4.32. The molecule has 100 valence electrons. The quantitative estimate of drug-likeness (QED) is 0.888. The Morgan fingerprint density at radius 1 is 1.39 bits per heavy atom. The molecule has 5 heteroatoms. The molecule has 1 aromatic rings. The average molecular weight is 256 g/mol. The molecular formula is C13H18F2N2O. The van der Waals surface area contributed by atoms with Gasteiger partial charge in [0.25, 0.3) is 0 Å². The van der Waals surface area contributed by atoms with E-state index in [0.717, 1.165) is 26.2 Å². The molecule has 2 rings (SSSR count). The lowest BCUT2D eigenvalue weighted by Crippen LogP contribution is -2.45. The Bertz CT molecular complexity index is 395. The average Bonchev–Trinajstić information content (AvgIpc) is 2.41. The van der Waals surface area contributed by atoms with Crippen molar-refractivity contribution in [2.75, 3.05) is 40.0 Å². The highest BCUT2D eigenvalue weighted by molar-refractivity contribution is 5.37. The van der Waals surface area contributed by atoms with Crippen molar-refractivity contribution in [1.29, 1.82) is 0 Å². The predicted molar refractivity (Wildman–Crippen MR) is 66.1 cm³/mol. The zero-order valence-corrected chi connectivity index (χ0v) is 10.5. The summed E-state index contributed by atoms with van der Waals surface area (Å²) in [6.07, 6.45) is 0. The van der Waals surface area contributed by atoms with Gasteiger partial charge in [0.05, 0.1) is 13.2 Å². The SMILES string of the molecule is COc1c(F)cccc1[C@H](CF)N1CCNCC1. The lowest BCUT2D eigenvalue weighted by atomic mass is 10.0. The maximum absolute atomic E-state index is 13.6. The van der Waals surface area contributed by atoms with Crippen LogP contribution in [0.3, 0.4) is 0 Å². The fourth-order valence-electron chi connectivity index (χ4n) is 2.37. The first-order valence-electron chi connectivity index (χ1n) is 6.11. The van der Waals surface area contributed by atoms with Crippen molar-refractivity contribution in [2.24, 2.45) is 0 Å². The first kappa shape index (κ1) is 13.2. The van der Waals surface area contributed by atoms with Crippen molar-refractivity contribution < 1.29 is 13.5 Å². The normalized spacial score (nSPS) is 18.6. The summed E-state index contributed by atoms with van der Waals surface area (Å²) >= 11 is 0. The van der Waals surface area contributed by atoms with Gasteiger partial charge in [-0.2, -0.15) is 0 Å². The van der Waals surface area contributed by atoms with E-state index in [9.17, 15) is 8.78 Å². The number of hydrogen-bond acceptors (Lipinski definition) is 3. The van der Waals surface area contributed by atoms with Crippen LogP contribution in [0, 0.1) is 5.82 Å². The highest BCUT2D eigenvalue weighted by atomic mass is 19.1. The Morgan fingerprint density at radius 3 is 2.72 bits per heavy atom. The number of methoxy groups -OCH3 is 1. The molecule has 1 fully saturated rings. The molecule has 1 N–H and O–H groups in total. The van der Waals surface area contributed by atoms with E-state index in [4.69, 9.17) is 4.74 Å². The summed E-state index contributed by atoms with van der Waals surface area (Å²) in [7, 11) is 1.41. The fraction of sp³-hybridized carbons (Fsp3) is 0.538. The summed E-state index contributed by atoms with van der Waals surface area (Å²) in [6.45, 7) is 2.63. The summed E-state index contributed by atoms with van der Waals surface area (Å²) in [5, 5.41) is 3.22. The third-order valence-corrected chi connectivity index (χ3v) is 3.30. The topological polar surface area (TPSA) is 24.5 Å². The molecule has 0 bridgehead atoms. The van der Waals surface area contributed by atoms with E-state index < -0.39 is 18.5 Å². The Kier molecular flexibility index (Phi) is 4.49. The number of benzene rings is 1. The highest BCUT2D eigenvalue weighted by Crippen LogP contribution is 2.32. The monoisotopic (exact) mass is 256 g/mol. The van der Waals surface area contributed by atoms with E-state index in [1.54, 1.807) is 12.1 Å². The molecule has 1 saturated heterocycles. The number of hydrogen-bond donors (Lipinski definition) is 1. The van der Waals surface area contributed by atoms with E-state index >= 15 is 0 Å². The van der Waals surface area contributed by atoms with Crippen LogP contribution in [0.5, 0.6) is 5.75 Å². The number of halogens is 2. The number of nitrogens with zero attached hydrogens (tertiary/aromatic N) is 1. The Morgan fingerprint density at radius 2 is 2.11 bits per heavy atom. The standard InChI is InChI=1S/C13H18F2N2O/c1-18-13-10(3-2-4-11(13)15)12(9-14)17-7-5-16-6-8-17/h2-4,12,16H,5-9H2,1H3/t12-/m0/s1. The van der Waals surface area contributed by atoms with Gasteiger partial charge in [-0.25, -0.2) is 8.78 Å².